The minimum atomic E-state index is -3.51. The van der Waals surface area contributed by atoms with Gasteiger partial charge in [-0.1, -0.05) is 55.4 Å². The van der Waals surface area contributed by atoms with E-state index >= 15 is 0 Å². The summed E-state index contributed by atoms with van der Waals surface area (Å²) in [5.41, 5.74) is 0. The van der Waals surface area contributed by atoms with Crippen LogP contribution in [0, 0.1) is 0 Å². The molecule has 0 N–H and O–H groups in total. The fourth-order valence-electron chi connectivity index (χ4n) is 2.22. The number of halogens is 3. The molecule has 0 bridgehead atoms. The highest BCUT2D eigenvalue weighted by molar-refractivity contribution is 7.86. The zero-order valence-corrected chi connectivity index (χ0v) is 16.8. The Morgan fingerprint density at radius 2 is 1.37 bits per heavy atom. The molecule has 0 aliphatic rings. The molecule has 7 heteroatoms. The molecule has 0 spiro atoms. The van der Waals surface area contributed by atoms with Crippen LogP contribution in [0.4, 0.5) is 4.20 Å². The monoisotopic (exact) mass is 348 g/mol. The van der Waals surface area contributed by atoms with Crippen LogP contribution in [0.2, 0.25) is 10.1 Å². The maximum atomic E-state index is 14.9. The van der Waals surface area contributed by atoms with E-state index in [1.54, 1.807) is 4.67 Å². The Morgan fingerprint density at radius 3 is 1.58 bits per heavy atom. The van der Waals surface area contributed by atoms with Gasteiger partial charge in [-0.25, -0.2) is 4.67 Å². The summed E-state index contributed by atoms with van der Waals surface area (Å²) in [6.45, 7) is 13.5. The fraction of sp³-hybridized carbons (Fsp3) is 1.00. The summed E-state index contributed by atoms with van der Waals surface area (Å²) in [6.07, 6.45) is 0. The lowest BCUT2D eigenvalue weighted by Crippen LogP contribution is -2.45. The minimum Gasteiger partial charge on any atom is -0.266 e. The highest BCUT2D eigenvalue weighted by Crippen LogP contribution is 2.66. The molecular weight excluding hydrogens is 321 g/mol. The lowest BCUT2D eigenvalue weighted by molar-refractivity contribution is 0.483. The third-order valence-corrected chi connectivity index (χ3v) is 16.0. The van der Waals surface area contributed by atoms with Gasteiger partial charge in [0, 0.05) is 13.1 Å². The van der Waals surface area contributed by atoms with Crippen molar-refractivity contribution in [2.24, 2.45) is 4.41 Å². The average Bonchev–Trinajstić information content (AvgIpc) is 2.14. The standard InChI is InChI=1S/C12H28Cl2FN2PSi/c1-9-17(10-2)18(13,15)16-19(14,11(3,4)5)12(6,7)8/h9-10H2,1-8H3. The lowest BCUT2D eigenvalue weighted by Gasteiger charge is -2.44. The first-order valence-electron chi connectivity index (χ1n) is 6.70. The van der Waals surface area contributed by atoms with Crippen LogP contribution in [0.15, 0.2) is 4.41 Å². The van der Waals surface area contributed by atoms with Crippen LogP contribution >= 0.6 is 29.2 Å². The third-order valence-electron chi connectivity index (χ3n) is 3.32. The van der Waals surface area contributed by atoms with Gasteiger partial charge in [0.1, 0.15) is 0 Å². The van der Waals surface area contributed by atoms with Crippen molar-refractivity contribution in [1.82, 2.24) is 4.67 Å². The molecule has 0 radical (unpaired) electrons. The summed E-state index contributed by atoms with van der Waals surface area (Å²) in [5.74, 6) is 0. The predicted octanol–water partition coefficient (Wildman–Crippen LogP) is 6.76. The van der Waals surface area contributed by atoms with Crippen LogP contribution in [0.5, 0.6) is 0 Å². The molecule has 2 nitrogen and oxygen atoms in total. The van der Waals surface area contributed by atoms with E-state index in [9.17, 15) is 4.20 Å². The van der Waals surface area contributed by atoms with Crippen molar-refractivity contribution < 1.29 is 4.20 Å². The molecule has 0 saturated carbocycles. The van der Waals surface area contributed by atoms with E-state index in [1.165, 1.54) is 0 Å². The van der Waals surface area contributed by atoms with Crippen molar-refractivity contribution >= 4 is 36.7 Å². The van der Waals surface area contributed by atoms with Crippen molar-refractivity contribution in [3.8, 4) is 0 Å². The molecule has 1 atom stereocenters. The van der Waals surface area contributed by atoms with Gasteiger partial charge in [-0.2, -0.15) is 4.20 Å². The molecule has 1 unspecified atom stereocenters. The molecule has 0 rings (SSSR count). The second kappa shape index (κ2) is 6.35. The van der Waals surface area contributed by atoms with E-state index < -0.39 is 14.4 Å². The lowest BCUT2D eigenvalue weighted by atomic mass is 10.2. The molecule has 0 aromatic heterocycles. The SMILES string of the molecule is CCN(CC)P(F)(Cl)=N[Si](Cl)(C(C)(C)C)C(C)(C)C. The van der Waals surface area contributed by atoms with Gasteiger partial charge in [0.15, 0.2) is 0 Å². The Balaban J connectivity index is 5.97. The molecule has 0 aromatic rings. The fourth-order valence-corrected chi connectivity index (χ4v) is 12.3. The summed E-state index contributed by atoms with van der Waals surface area (Å²) in [4.78, 5) is 0. The quantitative estimate of drug-likeness (QED) is 0.311. The molecule has 0 fully saturated rings. The number of rotatable bonds is 4. The van der Waals surface area contributed by atoms with Crippen molar-refractivity contribution in [2.45, 2.75) is 65.5 Å². The zero-order valence-electron chi connectivity index (χ0n) is 13.4. The van der Waals surface area contributed by atoms with E-state index in [1.807, 2.05) is 55.4 Å². The van der Waals surface area contributed by atoms with Crippen LogP contribution in [-0.2, 0) is 0 Å². The van der Waals surface area contributed by atoms with Crippen LogP contribution in [0.3, 0.4) is 0 Å². The maximum absolute atomic E-state index is 14.9. The number of nitrogens with zero attached hydrogens (tertiary/aromatic N) is 2. The zero-order chi connectivity index (χ0) is 15.7. The van der Waals surface area contributed by atoms with Gasteiger partial charge < -0.3 is 0 Å². The van der Waals surface area contributed by atoms with Gasteiger partial charge in [-0.15, -0.1) is 11.1 Å². The molecule has 116 valence electrons. The molecule has 0 heterocycles. The maximum Gasteiger partial charge on any atom is 0.290 e. The summed E-state index contributed by atoms with van der Waals surface area (Å²) in [6, 6.07) is 0. The van der Waals surface area contributed by atoms with Gasteiger partial charge in [0.2, 0.25) is 0 Å². The van der Waals surface area contributed by atoms with E-state index in [0.717, 1.165) is 0 Å². The first kappa shape index (κ1) is 19.9. The Kier molecular flexibility index (Phi) is 6.66. The first-order valence-corrected chi connectivity index (χ1v) is 12.1. The molecule has 0 aliphatic heterocycles. The Morgan fingerprint density at radius 1 is 1.05 bits per heavy atom. The van der Waals surface area contributed by atoms with Crippen LogP contribution in [0.25, 0.3) is 0 Å². The van der Waals surface area contributed by atoms with Crippen LogP contribution in [-0.4, -0.2) is 25.3 Å². The molecule has 0 saturated heterocycles. The normalized spacial score (nSPS) is 17.5. The summed E-state index contributed by atoms with van der Waals surface area (Å²) in [7, 11) is -2.79. The van der Waals surface area contributed by atoms with Gasteiger partial charge in [-0.3, -0.25) is 4.41 Å². The predicted molar refractivity (Wildman–Crippen MR) is 90.3 cm³/mol. The molecule has 0 amide bonds. The number of hydrogen-bond acceptors (Lipinski definition) is 1. The van der Waals surface area contributed by atoms with Gasteiger partial charge in [-0.05, 0) is 21.3 Å². The minimum absolute atomic E-state index is 0.258. The second-order valence-corrected chi connectivity index (χ2v) is 16.3. The summed E-state index contributed by atoms with van der Waals surface area (Å²) >= 11 is 13.0. The van der Waals surface area contributed by atoms with Crippen LogP contribution in [0.1, 0.15) is 55.4 Å². The second-order valence-electron chi connectivity index (χ2n) is 6.82. The number of hydrogen-bond donors (Lipinski definition) is 0. The van der Waals surface area contributed by atoms with Crippen molar-refractivity contribution in [3.05, 3.63) is 0 Å². The topological polar surface area (TPSA) is 15.6 Å². The first-order chi connectivity index (χ1) is 8.23. The van der Waals surface area contributed by atoms with Crippen LogP contribution < -0.4 is 0 Å². The smallest absolute Gasteiger partial charge is 0.266 e. The molecular formula is C12H28Cl2FN2PSi. The Labute approximate surface area is 128 Å². The average molecular weight is 349 g/mol. The molecule has 19 heavy (non-hydrogen) atoms. The summed E-state index contributed by atoms with van der Waals surface area (Å²) < 4.78 is 21.0. The van der Waals surface area contributed by atoms with E-state index in [0.29, 0.717) is 13.1 Å². The summed E-state index contributed by atoms with van der Waals surface area (Å²) in [5, 5.41) is -0.515. The largest absolute Gasteiger partial charge is 0.290 e. The van der Waals surface area contributed by atoms with E-state index in [4.69, 9.17) is 22.3 Å². The highest BCUT2D eigenvalue weighted by atomic mass is 35.7. The van der Waals surface area contributed by atoms with Gasteiger partial charge in [0.25, 0.3) is 14.4 Å². The van der Waals surface area contributed by atoms with Crippen molar-refractivity contribution in [1.29, 1.82) is 0 Å². The molecule has 0 aliphatic carbocycles. The Hall–Kier alpha value is 0.917. The van der Waals surface area contributed by atoms with E-state index in [-0.39, 0.29) is 10.1 Å². The third kappa shape index (κ3) is 4.44. The van der Waals surface area contributed by atoms with Crippen molar-refractivity contribution in [2.75, 3.05) is 13.1 Å². The van der Waals surface area contributed by atoms with Gasteiger partial charge in [0.05, 0.1) is 0 Å². The Bertz CT molecular complexity index is 340. The van der Waals surface area contributed by atoms with Crippen molar-refractivity contribution in [3.63, 3.8) is 0 Å². The van der Waals surface area contributed by atoms with E-state index in [2.05, 4.69) is 4.41 Å². The van der Waals surface area contributed by atoms with Gasteiger partial charge >= 0.3 is 0 Å². The molecule has 0 aromatic carbocycles. The highest BCUT2D eigenvalue weighted by Gasteiger charge is 2.55.